The number of aromatic nitrogens is 3. The van der Waals surface area contributed by atoms with E-state index in [4.69, 9.17) is 19.4 Å². The lowest BCUT2D eigenvalue weighted by Gasteiger charge is -2.36. The van der Waals surface area contributed by atoms with E-state index in [1.807, 2.05) is 25.4 Å². The van der Waals surface area contributed by atoms with Crippen molar-refractivity contribution in [3.8, 4) is 22.5 Å². The van der Waals surface area contributed by atoms with Crippen molar-refractivity contribution in [1.82, 2.24) is 40.1 Å². The minimum atomic E-state index is -0.876. The Hall–Kier alpha value is -4.57. The van der Waals surface area contributed by atoms with E-state index < -0.39 is 23.5 Å². The van der Waals surface area contributed by atoms with Gasteiger partial charge in [-0.1, -0.05) is 19.9 Å². The lowest BCUT2D eigenvalue weighted by Crippen LogP contribution is -2.61. The van der Waals surface area contributed by atoms with Gasteiger partial charge in [-0.15, -0.1) is 11.3 Å². The molecule has 0 radical (unpaired) electrons. The Morgan fingerprint density at radius 1 is 1.10 bits per heavy atom. The van der Waals surface area contributed by atoms with Crippen LogP contribution in [-0.2, 0) is 38.4 Å². The molecular formula is C45H61N9O5S. The van der Waals surface area contributed by atoms with Crippen molar-refractivity contribution in [2.45, 2.75) is 104 Å². The van der Waals surface area contributed by atoms with Crippen molar-refractivity contribution < 1.29 is 23.9 Å². The quantitative estimate of drug-likeness (QED) is 0.222. The number of anilines is 1. The summed E-state index contributed by atoms with van der Waals surface area (Å²) in [5, 5.41) is 8.45. The third-order valence-electron chi connectivity index (χ3n) is 12.9. The molecule has 3 fully saturated rings. The van der Waals surface area contributed by atoms with Crippen molar-refractivity contribution in [3.05, 3.63) is 52.1 Å². The molecule has 0 unspecified atom stereocenters. The molecule has 0 aliphatic carbocycles. The Balaban J connectivity index is 1.25. The number of amides is 3. The molecule has 4 aliphatic heterocycles. The van der Waals surface area contributed by atoms with Crippen LogP contribution in [0.25, 0.3) is 33.4 Å². The van der Waals surface area contributed by atoms with Gasteiger partial charge in [0, 0.05) is 98.2 Å². The molecule has 7 heterocycles. The molecule has 3 aromatic heterocycles. The number of cyclic esters (lactones) is 1. The number of fused-ring (bicyclic) bond motifs is 6. The Morgan fingerprint density at radius 2 is 1.88 bits per heavy atom. The maximum absolute atomic E-state index is 14.3. The standard InChI is InChI=1S/C45H61N9O5S/c1-8-52-38-14-13-30-21-32(38)34(41(52)33-22-31(25-46-40(33)29(3)58-7)51-19-17-50(6)18-20-51)24-45(4,5)27-59-43(56)35-12-10-16-54(49-35)42(55)36(23-39-47-37(30)26-60-39)48-44(57)53-15-9-11-28(53)2/h13-14,21-22,25-26,28-29,35-36,49H,8-12,15-20,23-24,27H2,1-7H3,(H,48,57)/t28-,29+,35+,36+/m1/s1. The number of hydrogen-bond donors (Lipinski definition) is 2. The number of nitrogens with one attached hydrogen (secondary N) is 2. The minimum Gasteiger partial charge on any atom is -0.464 e. The number of thiazole rings is 1. The lowest BCUT2D eigenvalue weighted by molar-refractivity contribution is -0.155. The number of likely N-dealkylation sites (tertiary alicyclic amines) is 1. The van der Waals surface area contributed by atoms with E-state index in [-0.39, 0.29) is 37.1 Å². The van der Waals surface area contributed by atoms with Gasteiger partial charge in [-0.2, -0.15) is 0 Å². The predicted octanol–water partition coefficient (Wildman–Crippen LogP) is 6.03. The van der Waals surface area contributed by atoms with Crippen molar-refractivity contribution in [3.63, 3.8) is 0 Å². The first-order valence-electron chi connectivity index (χ1n) is 21.7. The van der Waals surface area contributed by atoms with Gasteiger partial charge in [-0.05, 0) is 83.7 Å². The van der Waals surface area contributed by atoms with Crippen molar-refractivity contribution in [1.29, 1.82) is 0 Å². The molecule has 8 rings (SSSR count). The fourth-order valence-corrected chi connectivity index (χ4v) is 10.2. The third-order valence-corrected chi connectivity index (χ3v) is 13.8. The molecule has 1 aromatic carbocycles. The zero-order valence-corrected chi connectivity index (χ0v) is 37.1. The van der Waals surface area contributed by atoms with Gasteiger partial charge in [0.05, 0.1) is 46.7 Å². The largest absolute Gasteiger partial charge is 0.464 e. The van der Waals surface area contributed by atoms with Crippen LogP contribution in [0.15, 0.2) is 35.8 Å². The summed E-state index contributed by atoms with van der Waals surface area (Å²) in [6.07, 6.45) is 5.59. The number of pyridine rings is 1. The van der Waals surface area contributed by atoms with Crippen LogP contribution in [0.1, 0.15) is 82.7 Å². The topological polar surface area (TPSA) is 137 Å². The summed E-state index contributed by atoms with van der Waals surface area (Å²) in [5.41, 5.74) is 10.8. The van der Waals surface area contributed by atoms with E-state index in [0.29, 0.717) is 32.4 Å². The first-order chi connectivity index (χ1) is 28.8. The first-order valence-corrected chi connectivity index (χ1v) is 22.6. The molecule has 0 saturated carbocycles. The number of rotatable bonds is 6. The number of aryl methyl sites for hydroxylation is 1. The highest BCUT2D eigenvalue weighted by atomic mass is 32.1. The Kier molecular flexibility index (Phi) is 12.2. The van der Waals surface area contributed by atoms with E-state index in [1.165, 1.54) is 16.3 Å². The van der Waals surface area contributed by atoms with Crippen LogP contribution >= 0.6 is 11.3 Å². The van der Waals surface area contributed by atoms with Gasteiger partial charge in [-0.25, -0.2) is 15.2 Å². The lowest BCUT2D eigenvalue weighted by atomic mass is 9.84. The Morgan fingerprint density at radius 3 is 2.62 bits per heavy atom. The summed E-state index contributed by atoms with van der Waals surface area (Å²) in [5.74, 6) is -0.685. The van der Waals surface area contributed by atoms with E-state index >= 15 is 0 Å². The summed E-state index contributed by atoms with van der Waals surface area (Å²) in [6, 6.07) is 7.12. The van der Waals surface area contributed by atoms with E-state index in [2.05, 4.69) is 77.2 Å². The van der Waals surface area contributed by atoms with Crippen LogP contribution < -0.4 is 15.6 Å². The SMILES string of the molecule is CCn1c(-c2cc(N3CCN(C)CC3)cnc2[C@H](C)OC)c2c3cc(ccc31)-c1csc(n1)C[C@H](NC(=O)N1CCC[C@H]1C)C(=O)N1CCC[C@H](N1)C(=O)OCC(C)(C)C2. The summed E-state index contributed by atoms with van der Waals surface area (Å²) in [7, 11) is 3.89. The highest BCUT2D eigenvalue weighted by Crippen LogP contribution is 2.43. The smallest absolute Gasteiger partial charge is 0.324 e. The average molecular weight is 840 g/mol. The monoisotopic (exact) mass is 839 g/mol. The van der Waals surface area contributed by atoms with Crippen molar-refractivity contribution in [2.75, 3.05) is 64.9 Å². The summed E-state index contributed by atoms with van der Waals surface area (Å²) >= 11 is 1.49. The predicted molar refractivity (Wildman–Crippen MR) is 235 cm³/mol. The highest BCUT2D eigenvalue weighted by molar-refractivity contribution is 7.10. The van der Waals surface area contributed by atoms with Crippen molar-refractivity contribution in [2.24, 2.45) is 5.41 Å². The molecular weight excluding hydrogens is 779 g/mol. The van der Waals surface area contributed by atoms with Gasteiger partial charge < -0.3 is 34.1 Å². The second kappa shape index (κ2) is 17.4. The average Bonchev–Trinajstić information content (AvgIpc) is 3.98. The number of hydrazine groups is 1. The Bertz CT molecular complexity index is 2230. The maximum Gasteiger partial charge on any atom is 0.324 e. The normalized spacial score (nSPS) is 23.4. The van der Waals surface area contributed by atoms with Gasteiger partial charge in [0.25, 0.3) is 5.91 Å². The molecule has 4 atom stereocenters. The molecule has 2 N–H and O–H groups in total. The molecule has 6 bridgehead atoms. The van der Waals surface area contributed by atoms with Gasteiger partial charge in [0.15, 0.2) is 0 Å². The number of carbonyl (C=O) groups is 3. The molecule has 3 saturated heterocycles. The van der Waals surface area contributed by atoms with Gasteiger partial charge in [0.2, 0.25) is 0 Å². The number of nitrogens with zero attached hydrogens (tertiary/aromatic N) is 7. The second-order valence-corrected chi connectivity index (χ2v) is 18.8. The van der Waals surface area contributed by atoms with Crippen LogP contribution in [0.2, 0.25) is 0 Å². The van der Waals surface area contributed by atoms with E-state index in [0.717, 1.165) is 101 Å². The fraction of sp³-hybridized carbons (Fsp3) is 0.578. The molecule has 3 amide bonds. The summed E-state index contributed by atoms with van der Waals surface area (Å²) in [6.45, 7) is 16.3. The zero-order valence-electron chi connectivity index (χ0n) is 36.3. The van der Waals surface area contributed by atoms with E-state index in [1.54, 1.807) is 12.0 Å². The highest BCUT2D eigenvalue weighted by Gasteiger charge is 2.37. The van der Waals surface area contributed by atoms with E-state index in [9.17, 15) is 14.4 Å². The molecule has 0 spiro atoms. The number of ether oxygens (including phenoxy) is 2. The number of likely N-dealkylation sites (N-methyl/N-ethyl adjacent to an activating group) is 1. The molecule has 14 nitrogen and oxygen atoms in total. The maximum atomic E-state index is 14.3. The number of methoxy groups -OCH3 is 1. The number of hydrogen-bond acceptors (Lipinski definition) is 11. The summed E-state index contributed by atoms with van der Waals surface area (Å²) < 4.78 is 14.5. The van der Waals surface area contributed by atoms with Crippen LogP contribution in [-0.4, -0.2) is 125 Å². The Labute approximate surface area is 357 Å². The number of carbonyl (C=O) groups excluding carboxylic acids is 3. The van der Waals surface area contributed by atoms with Crippen LogP contribution in [0.4, 0.5) is 10.5 Å². The van der Waals surface area contributed by atoms with Crippen LogP contribution in [0.3, 0.4) is 0 Å². The number of piperazine rings is 1. The molecule has 15 heteroatoms. The second-order valence-electron chi connectivity index (χ2n) is 17.9. The van der Waals surface area contributed by atoms with Gasteiger partial charge in [0.1, 0.15) is 12.1 Å². The fourth-order valence-electron chi connectivity index (χ4n) is 9.30. The van der Waals surface area contributed by atoms with Crippen LogP contribution in [0, 0.1) is 5.41 Å². The number of benzene rings is 1. The number of urea groups is 1. The molecule has 4 aliphatic rings. The minimum absolute atomic E-state index is 0.0947. The molecule has 322 valence electrons. The summed E-state index contributed by atoms with van der Waals surface area (Å²) in [4.78, 5) is 58.5. The third kappa shape index (κ3) is 8.50. The van der Waals surface area contributed by atoms with Gasteiger partial charge >= 0.3 is 12.0 Å². The van der Waals surface area contributed by atoms with Crippen LogP contribution in [0.5, 0.6) is 0 Å². The molecule has 4 aromatic rings. The number of esters is 1. The van der Waals surface area contributed by atoms with Gasteiger partial charge in [-0.3, -0.25) is 19.6 Å². The first kappa shape index (κ1) is 42.1. The van der Waals surface area contributed by atoms with Crippen molar-refractivity contribution >= 4 is 45.8 Å². The molecule has 60 heavy (non-hydrogen) atoms. The zero-order chi connectivity index (χ0) is 42.3.